The van der Waals surface area contributed by atoms with E-state index in [9.17, 15) is 4.79 Å². The highest BCUT2D eigenvalue weighted by Crippen LogP contribution is 2.50. The van der Waals surface area contributed by atoms with Crippen LogP contribution in [0.1, 0.15) is 31.2 Å². The minimum Gasteiger partial charge on any atom is -0.384 e. The van der Waals surface area contributed by atoms with Crippen LogP contribution in [0, 0.1) is 5.92 Å². The Bertz CT molecular complexity index is 1300. The lowest BCUT2D eigenvalue weighted by molar-refractivity contribution is -0.129. The lowest BCUT2D eigenvalue weighted by Gasteiger charge is -2.27. The molecule has 0 aliphatic heterocycles. The van der Waals surface area contributed by atoms with Crippen LogP contribution in [0.5, 0.6) is 0 Å². The Kier molecular flexibility index (Phi) is 5.39. The molecule has 1 fully saturated rings. The Morgan fingerprint density at radius 3 is 2.50 bits per heavy atom. The summed E-state index contributed by atoms with van der Waals surface area (Å²) in [5.41, 5.74) is 9.26. The second-order valence-electron chi connectivity index (χ2n) is 9.16. The van der Waals surface area contributed by atoms with Crippen molar-refractivity contribution in [1.82, 2.24) is 29.8 Å². The Hall–Kier alpha value is -4.01. The maximum atomic E-state index is 12.0. The van der Waals surface area contributed by atoms with Crippen molar-refractivity contribution in [3.63, 3.8) is 0 Å². The monoisotopic (exact) mass is 457 g/mol. The fourth-order valence-electron chi connectivity index (χ4n) is 4.19. The number of rotatable bonds is 7. The molecule has 0 bridgehead atoms. The zero-order valence-electron chi connectivity index (χ0n) is 19.5. The van der Waals surface area contributed by atoms with Gasteiger partial charge in [-0.1, -0.05) is 29.4 Å². The van der Waals surface area contributed by atoms with Crippen LogP contribution >= 0.6 is 0 Å². The van der Waals surface area contributed by atoms with E-state index in [1.54, 1.807) is 43.4 Å². The number of nitrogens with two attached hydrogens (primary N) is 1. The third-order valence-electron chi connectivity index (χ3n) is 6.56. The van der Waals surface area contributed by atoms with Crippen molar-refractivity contribution < 1.29 is 9.32 Å². The van der Waals surface area contributed by atoms with Crippen LogP contribution in [0.25, 0.3) is 22.6 Å². The van der Waals surface area contributed by atoms with Crippen molar-refractivity contribution in [2.45, 2.75) is 31.7 Å². The number of carbonyl (C=O) groups is 1. The van der Waals surface area contributed by atoms with Crippen molar-refractivity contribution in [2.75, 3.05) is 19.8 Å². The van der Waals surface area contributed by atoms with E-state index in [0.717, 1.165) is 29.5 Å². The summed E-state index contributed by atoms with van der Waals surface area (Å²) in [4.78, 5) is 22.4. The molecule has 2 N–H and O–H groups in total. The molecule has 9 heteroatoms. The number of nitrogens with zero attached hydrogens (tertiary/aromatic N) is 6. The lowest BCUT2D eigenvalue weighted by Crippen LogP contribution is -2.28. The highest BCUT2D eigenvalue weighted by atomic mass is 16.5. The molecular formula is C25H27N7O2. The number of pyridine rings is 1. The van der Waals surface area contributed by atoms with E-state index >= 15 is 0 Å². The summed E-state index contributed by atoms with van der Waals surface area (Å²) in [6.07, 6.45) is 7.41. The van der Waals surface area contributed by atoms with Gasteiger partial charge in [-0.05, 0) is 48.9 Å². The Balaban J connectivity index is 1.41. The second kappa shape index (κ2) is 8.40. The first-order chi connectivity index (χ1) is 16.3. The van der Waals surface area contributed by atoms with Gasteiger partial charge < -0.3 is 15.2 Å². The largest absolute Gasteiger partial charge is 0.384 e. The summed E-state index contributed by atoms with van der Waals surface area (Å²) in [5, 5.41) is 8.63. The first-order valence-electron chi connectivity index (χ1n) is 11.2. The lowest BCUT2D eigenvalue weighted by atomic mass is 9.76. The molecule has 5 rings (SSSR count). The molecule has 1 atom stereocenters. The molecular weight excluding hydrogens is 430 g/mol. The van der Waals surface area contributed by atoms with Crippen molar-refractivity contribution in [3.8, 4) is 22.6 Å². The predicted octanol–water partition coefficient (Wildman–Crippen LogP) is 3.38. The van der Waals surface area contributed by atoms with Gasteiger partial charge >= 0.3 is 0 Å². The number of anilines is 1. The van der Waals surface area contributed by atoms with Crippen molar-refractivity contribution >= 4 is 11.7 Å². The van der Waals surface area contributed by atoms with Gasteiger partial charge in [0.25, 0.3) is 5.89 Å². The van der Waals surface area contributed by atoms with Crippen LogP contribution in [0.3, 0.4) is 0 Å². The fraction of sp³-hybridized carbons (Fsp3) is 0.320. The molecule has 3 heterocycles. The van der Waals surface area contributed by atoms with Gasteiger partial charge in [-0.3, -0.25) is 9.48 Å². The van der Waals surface area contributed by atoms with Gasteiger partial charge in [0, 0.05) is 32.1 Å². The predicted molar refractivity (Wildman–Crippen MR) is 127 cm³/mol. The summed E-state index contributed by atoms with van der Waals surface area (Å²) in [7, 11) is 3.43. The average Bonchev–Trinajstić information content (AvgIpc) is 3.39. The molecule has 1 aromatic carbocycles. The molecule has 9 nitrogen and oxygen atoms in total. The van der Waals surface area contributed by atoms with E-state index in [4.69, 9.17) is 15.2 Å². The van der Waals surface area contributed by atoms with Crippen LogP contribution in [-0.4, -0.2) is 49.8 Å². The maximum Gasteiger partial charge on any atom is 0.261 e. The van der Waals surface area contributed by atoms with Crippen molar-refractivity contribution in [2.24, 2.45) is 5.92 Å². The van der Waals surface area contributed by atoms with E-state index in [-0.39, 0.29) is 17.9 Å². The number of hydrogen-bond acceptors (Lipinski definition) is 7. The Morgan fingerprint density at radius 2 is 1.85 bits per heavy atom. The highest BCUT2D eigenvalue weighted by Gasteiger charge is 2.47. The number of nitrogen functional groups attached to an aromatic ring is 1. The topological polar surface area (TPSA) is 116 Å². The van der Waals surface area contributed by atoms with E-state index in [0.29, 0.717) is 29.0 Å². The molecule has 0 unspecified atom stereocenters. The zero-order chi connectivity index (χ0) is 23.9. The van der Waals surface area contributed by atoms with E-state index in [2.05, 4.69) is 46.4 Å². The molecule has 0 radical (unpaired) electrons. The molecule has 3 aromatic heterocycles. The fourth-order valence-corrected chi connectivity index (χ4v) is 4.19. The number of aromatic nitrogens is 5. The third-order valence-corrected chi connectivity index (χ3v) is 6.56. The normalized spacial score (nSPS) is 15.1. The van der Waals surface area contributed by atoms with Gasteiger partial charge in [0.1, 0.15) is 12.4 Å². The quantitative estimate of drug-likeness (QED) is 0.452. The SMILES string of the molecule is CN(C)C(=O)Cn1cc(-c2nc([C@@](C)(c3ccc(-c4ccc(N)nc4)cc3)C3CC3)no2)cn1. The molecule has 4 aromatic rings. The summed E-state index contributed by atoms with van der Waals surface area (Å²) in [6, 6.07) is 12.2. The molecule has 0 saturated heterocycles. The minimum atomic E-state index is -0.365. The molecule has 1 aliphatic rings. The van der Waals surface area contributed by atoms with Gasteiger partial charge in [0.2, 0.25) is 5.91 Å². The first-order valence-corrected chi connectivity index (χ1v) is 11.2. The third kappa shape index (κ3) is 4.05. The van der Waals surface area contributed by atoms with Crippen molar-refractivity contribution in [3.05, 3.63) is 66.4 Å². The molecule has 34 heavy (non-hydrogen) atoms. The van der Waals surface area contributed by atoms with Crippen LogP contribution < -0.4 is 5.73 Å². The molecule has 0 spiro atoms. The van der Waals surface area contributed by atoms with Crippen LogP contribution in [0.15, 0.2) is 59.5 Å². The Morgan fingerprint density at radius 1 is 1.12 bits per heavy atom. The Labute approximate surface area is 197 Å². The number of carbonyl (C=O) groups excluding carboxylic acids is 1. The molecule has 1 amide bonds. The van der Waals surface area contributed by atoms with Gasteiger partial charge in [0.15, 0.2) is 5.82 Å². The van der Waals surface area contributed by atoms with Crippen LogP contribution in [0.4, 0.5) is 5.82 Å². The van der Waals surface area contributed by atoms with E-state index < -0.39 is 0 Å². The molecule has 1 saturated carbocycles. The average molecular weight is 458 g/mol. The number of likely N-dealkylation sites (N-methyl/N-ethyl adjacent to an activating group) is 1. The van der Waals surface area contributed by atoms with Gasteiger partial charge in [-0.15, -0.1) is 0 Å². The molecule has 174 valence electrons. The number of hydrogen-bond donors (Lipinski definition) is 1. The number of benzene rings is 1. The maximum absolute atomic E-state index is 12.0. The smallest absolute Gasteiger partial charge is 0.261 e. The minimum absolute atomic E-state index is 0.0413. The highest BCUT2D eigenvalue weighted by molar-refractivity contribution is 5.75. The zero-order valence-corrected chi connectivity index (χ0v) is 19.5. The van der Waals surface area contributed by atoms with Crippen molar-refractivity contribution in [1.29, 1.82) is 0 Å². The van der Waals surface area contributed by atoms with Gasteiger partial charge in [-0.25, -0.2) is 4.98 Å². The summed E-state index contributed by atoms with van der Waals surface area (Å²) in [6.45, 7) is 2.34. The van der Waals surface area contributed by atoms with E-state index in [1.165, 1.54) is 4.90 Å². The second-order valence-corrected chi connectivity index (χ2v) is 9.16. The summed E-state index contributed by atoms with van der Waals surface area (Å²) < 4.78 is 7.21. The number of amides is 1. The van der Waals surface area contributed by atoms with Crippen LogP contribution in [-0.2, 0) is 16.8 Å². The summed E-state index contributed by atoms with van der Waals surface area (Å²) >= 11 is 0. The molecule has 1 aliphatic carbocycles. The van der Waals surface area contributed by atoms with E-state index in [1.807, 2.05) is 6.07 Å². The van der Waals surface area contributed by atoms with Gasteiger partial charge in [-0.2, -0.15) is 10.1 Å². The van der Waals surface area contributed by atoms with Gasteiger partial charge in [0.05, 0.1) is 17.2 Å². The first kappa shape index (κ1) is 21.8. The standard InChI is InChI=1S/C25H27N7O2/c1-25(20-9-10-20,19-7-4-16(5-8-19)17-6-11-21(26)27-12-17)24-29-23(34-30-24)18-13-28-32(14-18)15-22(33)31(2)3/h4-8,11-14,20H,9-10,15H2,1-3H3,(H2,26,27)/t25-/m0/s1. The summed E-state index contributed by atoms with van der Waals surface area (Å²) in [5.74, 6) is 1.96. The van der Waals surface area contributed by atoms with Crippen LogP contribution in [0.2, 0.25) is 0 Å².